The molecule has 1 aromatic heterocycles. The van der Waals surface area contributed by atoms with Crippen LogP contribution < -0.4 is 0 Å². The highest BCUT2D eigenvalue weighted by molar-refractivity contribution is 6.33. The second-order valence-corrected chi connectivity index (χ2v) is 4.17. The van der Waals surface area contributed by atoms with Crippen molar-refractivity contribution < 1.29 is 0 Å². The highest BCUT2D eigenvalue weighted by Crippen LogP contribution is 2.28. The maximum absolute atomic E-state index is 5.99. The lowest BCUT2D eigenvalue weighted by atomic mass is 10.0. The summed E-state index contributed by atoms with van der Waals surface area (Å²) in [5.74, 6) is 0. The molecule has 0 unspecified atom stereocenters. The number of hydrogen-bond acceptors (Lipinski definition) is 2. The van der Waals surface area contributed by atoms with Crippen LogP contribution in [0.1, 0.15) is 12.5 Å². The highest BCUT2D eigenvalue weighted by Gasteiger charge is 2.07. The number of benzene rings is 1. The van der Waals surface area contributed by atoms with Crippen molar-refractivity contribution in [1.82, 2.24) is 10.2 Å². The van der Waals surface area contributed by atoms with Crippen molar-refractivity contribution in [1.29, 1.82) is 0 Å². The molecule has 4 heteroatoms. The Kier molecular flexibility index (Phi) is 3.42. The Morgan fingerprint density at radius 3 is 2.69 bits per heavy atom. The summed E-state index contributed by atoms with van der Waals surface area (Å²) < 4.78 is 0. The van der Waals surface area contributed by atoms with Crippen molar-refractivity contribution in [2.45, 2.75) is 13.3 Å². The number of hydrogen-bond donors (Lipinski definition) is 0. The minimum absolute atomic E-state index is 0.348. The molecule has 0 fully saturated rings. The molecule has 1 aromatic carbocycles. The predicted molar refractivity (Wildman–Crippen MR) is 66.9 cm³/mol. The molecule has 2 rings (SSSR count). The van der Waals surface area contributed by atoms with Gasteiger partial charge in [-0.2, -0.15) is 0 Å². The second-order valence-electron chi connectivity index (χ2n) is 3.43. The lowest BCUT2D eigenvalue weighted by molar-refractivity contribution is 1.03. The number of nitrogens with zero attached hydrogens (tertiary/aromatic N) is 2. The predicted octanol–water partition coefficient (Wildman–Crippen LogP) is 4.01. The van der Waals surface area contributed by atoms with Crippen molar-refractivity contribution >= 4 is 23.2 Å². The summed E-state index contributed by atoms with van der Waals surface area (Å²) in [6.45, 7) is 2.11. The van der Waals surface area contributed by atoms with E-state index in [1.807, 2.05) is 12.1 Å². The average Bonchev–Trinajstić information content (AvgIpc) is 2.32. The van der Waals surface area contributed by atoms with E-state index in [1.54, 1.807) is 6.07 Å². The first-order valence-corrected chi connectivity index (χ1v) is 5.74. The van der Waals surface area contributed by atoms with E-state index < -0.39 is 0 Å². The van der Waals surface area contributed by atoms with Gasteiger partial charge in [0.15, 0.2) is 10.3 Å². The zero-order valence-electron chi connectivity index (χ0n) is 8.74. The van der Waals surface area contributed by atoms with Crippen LogP contribution in [0.25, 0.3) is 11.1 Å². The summed E-state index contributed by atoms with van der Waals surface area (Å²) in [4.78, 5) is 0. The third-order valence-electron chi connectivity index (χ3n) is 2.37. The van der Waals surface area contributed by atoms with E-state index >= 15 is 0 Å². The van der Waals surface area contributed by atoms with Gasteiger partial charge < -0.3 is 0 Å². The Bertz CT molecular complexity index is 512. The summed E-state index contributed by atoms with van der Waals surface area (Å²) >= 11 is 11.8. The molecule has 0 spiro atoms. The Balaban J connectivity index is 2.53. The number of aryl methyl sites for hydroxylation is 1. The minimum atomic E-state index is 0.348. The summed E-state index contributed by atoms with van der Waals surface area (Å²) in [6.07, 6.45) is 0.984. The number of rotatable bonds is 2. The number of aromatic nitrogens is 2. The molecular formula is C12H10Cl2N2. The molecule has 0 saturated carbocycles. The maximum atomic E-state index is 5.99. The third kappa shape index (κ3) is 2.34. The van der Waals surface area contributed by atoms with Gasteiger partial charge in [0.2, 0.25) is 0 Å². The van der Waals surface area contributed by atoms with E-state index in [0.717, 1.165) is 17.5 Å². The molecule has 0 N–H and O–H groups in total. The van der Waals surface area contributed by atoms with E-state index in [2.05, 4.69) is 29.3 Å². The van der Waals surface area contributed by atoms with Crippen LogP contribution in [0.3, 0.4) is 0 Å². The lowest BCUT2D eigenvalue weighted by Crippen LogP contribution is -1.89. The summed E-state index contributed by atoms with van der Waals surface area (Å²) in [5.41, 5.74) is 3.08. The van der Waals surface area contributed by atoms with E-state index in [4.69, 9.17) is 23.2 Å². The van der Waals surface area contributed by atoms with Gasteiger partial charge in [-0.25, -0.2) is 0 Å². The molecule has 0 atom stereocenters. The van der Waals surface area contributed by atoms with Crippen LogP contribution in [0.4, 0.5) is 0 Å². The molecule has 0 saturated heterocycles. The van der Waals surface area contributed by atoms with Crippen molar-refractivity contribution in [3.63, 3.8) is 0 Å². The van der Waals surface area contributed by atoms with Crippen LogP contribution in [-0.2, 0) is 6.42 Å². The summed E-state index contributed by atoms with van der Waals surface area (Å²) in [7, 11) is 0. The quantitative estimate of drug-likeness (QED) is 0.807. The normalized spacial score (nSPS) is 10.4. The van der Waals surface area contributed by atoms with E-state index in [0.29, 0.717) is 10.3 Å². The van der Waals surface area contributed by atoms with Gasteiger partial charge in [0.05, 0.1) is 0 Å². The third-order valence-corrected chi connectivity index (χ3v) is 2.83. The summed E-state index contributed by atoms with van der Waals surface area (Å²) in [5, 5.41) is 8.21. The molecule has 0 aliphatic carbocycles. The highest BCUT2D eigenvalue weighted by atomic mass is 35.5. The topological polar surface area (TPSA) is 25.8 Å². The SMILES string of the molecule is CCc1cccc(-c2cc(Cl)nnc2Cl)c1. The Hall–Kier alpha value is -1.12. The van der Waals surface area contributed by atoms with Crippen LogP contribution in [0.15, 0.2) is 30.3 Å². The molecule has 82 valence electrons. The molecule has 0 aliphatic rings. The van der Waals surface area contributed by atoms with E-state index in [1.165, 1.54) is 5.56 Å². The molecule has 2 nitrogen and oxygen atoms in total. The zero-order chi connectivity index (χ0) is 11.5. The zero-order valence-corrected chi connectivity index (χ0v) is 10.3. The maximum Gasteiger partial charge on any atom is 0.159 e. The van der Waals surface area contributed by atoms with Crippen LogP contribution in [0.5, 0.6) is 0 Å². The van der Waals surface area contributed by atoms with Crippen LogP contribution in [0, 0.1) is 0 Å². The molecule has 0 bridgehead atoms. The Labute approximate surface area is 104 Å². The van der Waals surface area contributed by atoms with Crippen LogP contribution in [-0.4, -0.2) is 10.2 Å². The van der Waals surface area contributed by atoms with Crippen LogP contribution in [0.2, 0.25) is 10.3 Å². The molecule has 2 aromatic rings. The first-order chi connectivity index (χ1) is 7.70. The van der Waals surface area contributed by atoms with E-state index in [9.17, 15) is 0 Å². The van der Waals surface area contributed by atoms with Gasteiger partial charge >= 0.3 is 0 Å². The molecule has 0 amide bonds. The van der Waals surface area contributed by atoms with Crippen LogP contribution >= 0.6 is 23.2 Å². The second kappa shape index (κ2) is 4.81. The van der Waals surface area contributed by atoms with Gasteiger partial charge in [-0.15, -0.1) is 10.2 Å². The largest absolute Gasteiger partial charge is 0.159 e. The van der Waals surface area contributed by atoms with Gasteiger partial charge in [0, 0.05) is 5.56 Å². The smallest absolute Gasteiger partial charge is 0.137 e. The van der Waals surface area contributed by atoms with Gasteiger partial charge in [-0.05, 0) is 23.6 Å². The molecular weight excluding hydrogens is 243 g/mol. The first kappa shape index (κ1) is 11.4. The molecule has 16 heavy (non-hydrogen) atoms. The first-order valence-electron chi connectivity index (χ1n) is 4.98. The average molecular weight is 253 g/mol. The fourth-order valence-electron chi connectivity index (χ4n) is 1.51. The van der Waals surface area contributed by atoms with Gasteiger partial charge in [-0.1, -0.05) is 54.4 Å². The van der Waals surface area contributed by atoms with Crippen molar-refractivity contribution in [2.24, 2.45) is 0 Å². The fourth-order valence-corrected chi connectivity index (χ4v) is 1.86. The lowest BCUT2D eigenvalue weighted by Gasteiger charge is -2.05. The van der Waals surface area contributed by atoms with Gasteiger partial charge in [0.25, 0.3) is 0 Å². The van der Waals surface area contributed by atoms with Crippen molar-refractivity contribution in [2.75, 3.05) is 0 Å². The summed E-state index contributed by atoms with van der Waals surface area (Å²) in [6, 6.07) is 9.87. The Morgan fingerprint density at radius 2 is 1.94 bits per heavy atom. The fraction of sp³-hybridized carbons (Fsp3) is 0.167. The van der Waals surface area contributed by atoms with E-state index in [-0.39, 0.29) is 0 Å². The minimum Gasteiger partial charge on any atom is -0.137 e. The van der Waals surface area contributed by atoms with Gasteiger partial charge in [-0.3, -0.25) is 0 Å². The molecule has 0 aliphatic heterocycles. The van der Waals surface area contributed by atoms with Crippen molar-refractivity contribution in [3.05, 3.63) is 46.2 Å². The monoisotopic (exact) mass is 252 g/mol. The molecule has 0 radical (unpaired) electrons. The Morgan fingerprint density at radius 1 is 1.12 bits per heavy atom. The molecule has 1 heterocycles. The van der Waals surface area contributed by atoms with Gasteiger partial charge in [0.1, 0.15) is 0 Å². The van der Waals surface area contributed by atoms with Crippen molar-refractivity contribution in [3.8, 4) is 11.1 Å². The standard InChI is InChI=1S/C12H10Cl2N2/c1-2-8-4-3-5-9(6-8)10-7-11(13)15-16-12(10)14/h3-7H,2H2,1H3. The number of halogens is 2.